The third-order valence-corrected chi connectivity index (χ3v) is 16.3. The lowest BCUT2D eigenvalue weighted by molar-refractivity contribution is -0.397. The topological polar surface area (TPSA) is 554 Å². The predicted octanol–water partition coefficient (Wildman–Crippen LogP) is -13.2. The summed E-state index contributed by atoms with van der Waals surface area (Å²) in [6, 6.07) is 0. The molecule has 484 valence electrons. The lowest BCUT2D eigenvalue weighted by Gasteiger charge is -2.50. The van der Waals surface area contributed by atoms with Crippen LogP contribution in [0.4, 0.5) is 0 Å². The van der Waals surface area contributed by atoms with Gasteiger partial charge in [0.15, 0.2) is 37.7 Å². The fourth-order valence-electron chi connectivity index (χ4n) is 11.6. The monoisotopic (exact) mass is 1220 g/mol. The third-order valence-electron chi connectivity index (χ3n) is 16.3. The lowest BCUT2D eigenvalue weighted by atomic mass is 9.91. The van der Waals surface area contributed by atoms with E-state index in [9.17, 15) is 107 Å². The van der Waals surface area contributed by atoms with Crippen molar-refractivity contribution in [1.82, 2.24) is 0 Å². The summed E-state index contributed by atoms with van der Waals surface area (Å²) < 4.78 is 80.4. The van der Waals surface area contributed by atoms with E-state index in [4.69, 9.17) is 66.3 Å². The maximum atomic E-state index is 11.4. The second-order valence-electron chi connectivity index (χ2n) is 21.8. The Morgan fingerprint density at radius 1 is 0.217 bits per heavy atom. The van der Waals surface area contributed by atoms with E-state index in [1.54, 1.807) is 0 Å². The number of aliphatic hydroxyl groups excluding tert-OH is 21. The Bertz CT molecular complexity index is 1930. The van der Waals surface area contributed by atoms with Gasteiger partial charge >= 0.3 is 0 Å². The smallest absolute Gasteiger partial charge is 0.187 e. The summed E-state index contributed by atoms with van der Waals surface area (Å²) in [5, 5.41) is 230. The van der Waals surface area contributed by atoms with Crippen LogP contribution in [-0.4, -0.2) is 375 Å². The van der Waals surface area contributed by atoms with Crippen LogP contribution < -0.4 is 0 Å². The Hall–Kier alpha value is -1.40. The quantitative estimate of drug-likeness (QED) is 0.113. The Balaban J connectivity index is 1.00. The van der Waals surface area contributed by atoms with Crippen LogP contribution in [0.2, 0.25) is 0 Å². The molecular weight excluding hydrogens is 1140 g/mol. The molecule has 24 heterocycles. The number of hydrogen-bond acceptors (Lipinski definition) is 35. The third kappa shape index (κ3) is 14.3. The SMILES string of the molecule is OC[C@H]1OC2CCCCCCO[C@H]3[C@H](O)[C@@H](O)C(O[C@H]4[C@H](O)[C@@H](O)C(O[C@H]5[C@H](O)[C@@H](O)C(O[C@H]6[C@H](O)[C@@H](O)C(O[C@H]7[C@H](O)[C@@H](O)C(O[C@H]8[C@H](O)[C@@H](O)C(O[C@H]1[C@H](O)[C@H]2O)O[C@@H]8CO)O[C@@H]7CO)O[C@@H]6CO)O[C@@H]5CO)O[C@@H]4CO)O[C@@H]3CO. The molecule has 35 atom stereocenters. The highest BCUT2D eigenvalue weighted by Crippen LogP contribution is 2.38. The number of ether oxygens (including phenoxy) is 14. The Kier molecular flexibility index (Phi) is 24.4. The van der Waals surface area contributed by atoms with Gasteiger partial charge in [0.25, 0.3) is 0 Å². The van der Waals surface area contributed by atoms with Crippen molar-refractivity contribution in [3.63, 3.8) is 0 Å². The molecule has 83 heavy (non-hydrogen) atoms. The summed E-state index contributed by atoms with van der Waals surface area (Å²) in [4.78, 5) is 0. The zero-order chi connectivity index (χ0) is 60.3. The molecule has 0 aromatic heterocycles. The highest BCUT2D eigenvalue weighted by Gasteiger charge is 2.58. The van der Waals surface area contributed by atoms with Gasteiger partial charge in [0.05, 0.1) is 52.4 Å². The molecule has 0 aromatic carbocycles. The normalized spacial score (nSPS) is 53.1. The second-order valence-corrected chi connectivity index (χ2v) is 21.8. The fraction of sp³-hybridized carbons (Fsp3) is 1.00. The van der Waals surface area contributed by atoms with Crippen LogP contribution in [0.1, 0.15) is 32.1 Å². The van der Waals surface area contributed by atoms with Crippen molar-refractivity contribution in [2.75, 3.05) is 52.9 Å². The van der Waals surface area contributed by atoms with Gasteiger partial charge < -0.3 is 174 Å². The molecule has 24 aliphatic rings. The molecule has 24 saturated heterocycles. The molecule has 24 aliphatic heterocycles. The van der Waals surface area contributed by atoms with Crippen molar-refractivity contribution >= 4 is 0 Å². The minimum Gasteiger partial charge on any atom is -0.394 e. The number of hydrogen-bond donors (Lipinski definition) is 21. The van der Waals surface area contributed by atoms with Crippen LogP contribution in [0.25, 0.3) is 0 Å². The predicted molar refractivity (Wildman–Crippen MR) is 256 cm³/mol. The average Bonchev–Trinajstić information content (AvgIpc) is 3.24. The van der Waals surface area contributed by atoms with E-state index in [1.807, 2.05) is 0 Å². The van der Waals surface area contributed by atoms with E-state index < -0.39 is 261 Å². The first-order chi connectivity index (χ1) is 39.7. The molecule has 35 nitrogen and oxygen atoms in total. The number of rotatable bonds is 7. The average molecular weight is 1220 g/mol. The molecule has 35 heteroatoms. The standard InChI is InChI=1S/C48H82O35/c49-7-15-36-24(58)30(64)43(72-15)79-38-17(9-51)74-45(32(66)26(38)60)81-40-19(11-53)76-47(34(68)28(40)62)83-42-21(13-55)77-48(35(69)29(42)63)82-41-20(12-54)75-46(33(67)27(41)61)80-39-18(10-52)73-44(31(65)25(39)59)78-37-16(8-50)71-14(22(56)23(37)57)5-3-1-2-4-6-70-36/h14-69H,1-13H2/t14?,15-,16-,17-,18-,19-,20-,21-,22+,23-,24-,25-,26-,27-,28-,29-,30-,31-,32-,33-,34-,35-,36-,37-,38-,39-,40-,41-,42-,43?,44?,45?,46?,47?,48?/m1/s1. The second kappa shape index (κ2) is 29.9. The maximum Gasteiger partial charge on any atom is 0.187 e. The lowest BCUT2D eigenvalue weighted by Crippen LogP contribution is -2.68. The zero-order valence-corrected chi connectivity index (χ0v) is 44.5. The van der Waals surface area contributed by atoms with Gasteiger partial charge in [0.2, 0.25) is 0 Å². The van der Waals surface area contributed by atoms with Crippen molar-refractivity contribution in [2.45, 2.75) is 247 Å². The summed E-state index contributed by atoms with van der Waals surface area (Å²) in [6.45, 7) is -6.65. The van der Waals surface area contributed by atoms with Gasteiger partial charge in [-0.2, -0.15) is 0 Å². The minimum atomic E-state index is -2.21. The van der Waals surface area contributed by atoms with Crippen molar-refractivity contribution in [2.24, 2.45) is 0 Å². The largest absolute Gasteiger partial charge is 0.394 e. The molecule has 0 saturated carbocycles. The molecule has 21 N–H and O–H groups in total. The molecule has 0 amide bonds. The first-order valence-corrected chi connectivity index (χ1v) is 27.6. The van der Waals surface area contributed by atoms with Crippen molar-refractivity contribution in [3.05, 3.63) is 0 Å². The Labute approximate surface area is 472 Å². The summed E-state index contributed by atoms with van der Waals surface area (Å²) in [6.07, 6.45) is -62.8. The van der Waals surface area contributed by atoms with Gasteiger partial charge in [-0.3, -0.25) is 0 Å². The minimum absolute atomic E-state index is 0.0365. The van der Waals surface area contributed by atoms with E-state index in [0.29, 0.717) is 25.7 Å². The summed E-state index contributed by atoms with van der Waals surface area (Å²) in [5.74, 6) is 0. The summed E-state index contributed by atoms with van der Waals surface area (Å²) in [7, 11) is 0. The first kappa shape index (κ1) is 67.5. The molecule has 7 unspecified atom stereocenters. The number of aliphatic hydroxyl groups is 21. The van der Waals surface area contributed by atoms with E-state index in [0.717, 1.165) is 0 Å². The summed E-state index contributed by atoms with van der Waals surface area (Å²) >= 11 is 0. The Morgan fingerprint density at radius 2 is 0.434 bits per heavy atom. The van der Waals surface area contributed by atoms with E-state index in [-0.39, 0.29) is 13.0 Å². The van der Waals surface area contributed by atoms with Gasteiger partial charge in [0, 0.05) is 6.61 Å². The summed E-state index contributed by atoms with van der Waals surface area (Å²) in [5.41, 5.74) is 0. The van der Waals surface area contributed by atoms with Crippen LogP contribution >= 0.6 is 0 Å². The molecule has 24 rings (SSSR count). The van der Waals surface area contributed by atoms with Crippen LogP contribution in [0.3, 0.4) is 0 Å². The Morgan fingerprint density at radius 3 is 0.699 bits per heavy atom. The fourth-order valence-corrected chi connectivity index (χ4v) is 11.6. The molecule has 24 fully saturated rings. The van der Waals surface area contributed by atoms with E-state index >= 15 is 0 Å². The van der Waals surface area contributed by atoms with Gasteiger partial charge in [-0.25, -0.2) is 0 Å². The first-order valence-electron chi connectivity index (χ1n) is 27.6. The molecular formula is C48H82O35. The highest BCUT2D eigenvalue weighted by atomic mass is 16.8. The van der Waals surface area contributed by atoms with Crippen molar-refractivity contribution in [3.8, 4) is 0 Å². The number of fused-ring (bicyclic) bond motifs is 1. The van der Waals surface area contributed by atoms with Crippen LogP contribution in [0, 0.1) is 0 Å². The molecule has 0 aromatic rings. The molecule has 0 radical (unpaired) electrons. The molecule has 0 aliphatic carbocycles. The van der Waals surface area contributed by atoms with Crippen molar-refractivity contribution in [1.29, 1.82) is 0 Å². The molecule has 0 spiro atoms. The van der Waals surface area contributed by atoms with E-state index in [2.05, 4.69) is 0 Å². The van der Waals surface area contributed by atoms with Gasteiger partial charge in [0.1, 0.15) is 171 Å². The van der Waals surface area contributed by atoms with Crippen LogP contribution in [0.5, 0.6) is 0 Å². The van der Waals surface area contributed by atoms with Crippen LogP contribution in [0.15, 0.2) is 0 Å². The van der Waals surface area contributed by atoms with Gasteiger partial charge in [-0.1, -0.05) is 19.3 Å². The molecule has 14 bridgehead atoms. The van der Waals surface area contributed by atoms with Gasteiger partial charge in [-0.15, -0.1) is 0 Å². The van der Waals surface area contributed by atoms with Gasteiger partial charge in [-0.05, 0) is 12.8 Å². The maximum absolute atomic E-state index is 11.4. The zero-order valence-electron chi connectivity index (χ0n) is 44.5. The van der Waals surface area contributed by atoms with E-state index in [1.165, 1.54) is 0 Å². The van der Waals surface area contributed by atoms with Crippen LogP contribution in [-0.2, 0) is 66.3 Å². The van der Waals surface area contributed by atoms with Crippen molar-refractivity contribution < 1.29 is 174 Å². The highest BCUT2D eigenvalue weighted by molar-refractivity contribution is 5.01.